The molecule has 2 rings (SSSR count). The van der Waals surface area contributed by atoms with Gasteiger partial charge < -0.3 is 9.09 Å². The summed E-state index contributed by atoms with van der Waals surface area (Å²) in [6.45, 7) is 6.06. The van der Waals surface area contributed by atoms with E-state index in [0.29, 0.717) is 24.0 Å². The molecule has 2 heterocycles. The molecular weight excluding hydrogens is 304 g/mol. The number of aryl methyl sites for hydroxylation is 1. The van der Waals surface area contributed by atoms with Crippen molar-refractivity contribution in [2.24, 2.45) is 0 Å². The van der Waals surface area contributed by atoms with Crippen molar-refractivity contribution in [3.8, 4) is 0 Å². The first-order valence-corrected chi connectivity index (χ1v) is 8.45. The normalized spacial score (nSPS) is 12.2. The summed E-state index contributed by atoms with van der Waals surface area (Å²) in [4.78, 5) is 8.23. The molecule has 110 valence electrons. The Morgan fingerprint density at radius 1 is 1.40 bits per heavy atom. The first kappa shape index (κ1) is 15.0. The van der Waals surface area contributed by atoms with Gasteiger partial charge >= 0.3 is 0 Å². The lowest BCUT2D eigenvalue weighted by Gasteiger charge is -2.01. The van der Waals surface area contributed by atoms with E-state index in [9.17, 15) is 8.42 Å². The number of aromatic nitrogens is 4. The third-order valence-electron chi connectivity index (χ3n) is 2.71. The van der Waals surface area contributed by atoms with E-state index in [4.69, 9.17) is 15.2 Å². The topological polar surface area (TPSA) is 90.9 Å². The van der Waals surface area contributed by atoms with Crippen molar-refractivity contribution in [3.05, 3.63) is 23.7 Å². The van der Waals surface area contributed by atoms with E-state index in [1.165, 1.54) is 6.20 Å². The molecule has 0 N–H and O–H groups in total. The fourth-order valence-corrected chi connectivity index (χ4v) is 2.37. The van der Waals surface area contributed by atoms with Crippen LogP contribution in [0.3, 0.4) is 0 Å². The van der Waals surface area contributed by atoms with Crippen LogP contribution in [0.4, 0.5) is 0 Å². The van der Waals surface area contributed by atoms with Crippen LogP contribution in [0.2, 0.25) is 0 Å². The second-order valence-corrected chi connectivity index (χ2v) is 7.13. The van der Waals surface area contributed by atoms with Gasteiger partial charge in [0.15, 0.2) is 10.9 Å². The molecule has 9 heteroatoms. The quantitative estimate of drug-likeness (QED) is 0.782. The van der Waals surface area contributed by atoms with Crippen molar-refractivity contribution < 1.29 is 12.9 Å². The van der Waals surface area contributed by atoms with Gasteiger partial charge in [0.2, 0.25) is 5.89 Å². The molecule has 0 bridgehead atoms. The number of hydrogen-bond acceptors (Lipinski definition) is 6. The summed E-state index contributed by atoms with van der Waals surface area (Å²) in [5, 5.41) is 3.69. The minimum Gasteiger partial charge on any atom is -0.337 e. The highest BCUT2D eigenvalue weighted by molar-refractivity contribution is 8.13. The number of nitrogens with zero attached hydrogens (tertiary/aromatic N) is 4. The van der Waals surface area contributed by atoms with Gasteiger partial charge in [-0.15, -0.1) is 0 Å². The van der Waals surface area contributed by atoms with Crippen molar-refractivity contribution in [3.63, 3.8) is 0 Å². The maximum atomic E-state index is 11.3. The summed E-state index contributed by atoms with van der Waals surface area (Å²) in [7, 11) is 1.45. The Morgan fingerprint density at radius 2 is 2.10 bits per heavy atom. The summed E-state index contributed by atoms with van der Waals surface area (Å²) in [5.74, 6) is 1.77. The molecule has 0 aliphatic rings. The highest BCUT2D eigenvalue weighted by Gasteiger charge is 2.18. The van der Waals surface area contributed by atoms with Gasteiger partial charge in [-0.2, -0.15) is 4.98 Å². The maximum absolute atomic E-state index is 11.3. The minimum absolute atomic E-state index is 0.166. The molecule has 0 saturated carbocycles. The van der Waals surface area contributed by atoms with Crippen molar-refractivity contribution in [2.45, 2.75) is 44.7 Å². The standard InChI is InChI=1S/C11H15ClN4O3S/c1-4-8-13-10(20(12,17)18)6-16(8)5-9-14-11(7(2)3)15-19-9/h6-7H,4-5H2,1-3H3. The second kappa shape index (κ2) is 5.53. The summed E-state index contributed by atoms with van der Waals surface area (Å²) in [5.41, 5.74) is 0. The molecule has 0 spiro atoms. The number of hydrogen-bond donors (Lipinski definition) is 0. The summed E-state index contributed by atoms with van der Waals surface area (Å²) in [6, 6.07) is 0. The van der Waals surface area contributed by atoms with Crippen LogP contribution in [0.1, 0.15) is 44.2 Å². The molecular formula is C11H15ClN4O3S. The van der Waals surface area contributed by atoms with Crippen LogP contribution in [0.5, 0.6) is 0 Å². The molecule has 2 aromatic rings. The van der Waals surface area contributed by atoms with Crippen molar-refractivity contribution >= 4 is 19.7 Å². The van der Waals surface area contributed by atoms with E-state index in [0.717, 1.165) is 0 Å². The van der Waals surface area contributed by atoms with Crippen molar-refractivity contribution in [1.82, 2.24) is 19.7 Å². The van der Waals surface area contributed by atoms with Crippen LogP contribution in [0.15, 0.2) is 15.7 Å². The van der Waals surface area contributed by atoms with E-state index in [1.807, 2.05) is 20.8 Å². The average molecular weight is 319 g/mol. The third kappa shape index (κ3) is 3.18. The molecule has 0 unspecified atom stereocenters. The smallest absolute Gasteiger partial charge is 0.280 e. The highest BCUT2D eigenvalue weighted by Crippen LogP contribution is 2.17. The number of halogens is 1. The molecule has 0 aliphatic heterocycles. The van der Waals surface area contributed by atoms with Crippen LogP contribution in [0.25, 0.3) is 0 Å². The highest BCUT2D eigenvalue weighted by atomic mass is 35.7. The Bertz CT molecular complexity index is 705. The zero-order valence-electron chi connectivity index (χ0n) is 11.4. The lowest BCUT2D eigenvalue weighted by molar-refractivity contribution is 0.363. The van der Waals surface area contributed by atoms with Crippen LogP contribution in [0, 0.1) is 0 Å². The SMILES string of the molecule is CCc1nc(S(=O)(=O)Cl)cn1Cc1nc(C(C)C)no1. The van der Waals surface area contributed by atoms with Crippen LogP contribution in [-0.4, -0.2) is 28.1 Å². The lowest BCUT2D eigenvalue weighted by atomic mass is 10.2. The maximum Gasteiger partial charge on any atom is 0.280 e. The Balaban J connectivity index is 2.30. The van der Waals surface area contributed by atoms with Crippen LogP contribution >= 0.6 is 10.7 Å². The largest absolute Gasteiger partial charge is 0.337 e. The molecule has 0 amide bonds. The summed E-state index contributed by atoms with van der Waals surface area (Å²) in [6.07, 6.45) is 1.94. The van der Waals surface area contributed by atoms with E-state index in [-0.39, 0.29) is 17.5 Å². The molecule has 0 aromatic carbocycles. The number of imidazole rings is 1. The zero-order chi connectivity index (χ0) is 14.9. The summed E-state index contributed by atoms with van der Waals surface area (Å²) < 4.78 is 29.4. The summed E-state index contributed by atoms with van der Waals surface area (Å²) >= 11 is 0. The molecule has 7 nitrogen and oxygen atoms in total. The van der Waals surface area contributed by atoms with E-state index < -0.39 is 9.05 Å². The van der Waals surface area contributed by atoms with Crippen molar-refractivity contribution in [1.29, 1.82) is 0 Å². The van der Waals surface area contributed by atoms with Gasteiger partial charge in [0, 0.05) is 29.2 Å². The van der Waals surface area contributed by atoms with E-state index in [2.05, 4.69) is 15.1 Å². The first-order valence-electron chi connectivity index (χ1n) is 6.14. The van der Waals surface area contributed by atoms with Crippen LogP contribution < -0.4 is 0 Å². The molecule has 2 aromatic heterocycles. The third-order valence-corrected chi connectivity index (χ3v) is 3.88. The minimum atomic E-state index is -3.84. The Kier molecular flexibility index (Phi) is 4.14. The van der Waals surface area contributed by atoms with Gasteiger partial charge in [-0.25, -0.2) is 13.4 Å². The Hall–Kier alpha value is -1.41. The van der Waals surface area contributed by atoms with E-state index in [1.54, 1.807) is 4.57 Å². The fourth-order valence-electron chi connectivity index (χ4n) is 1.68. The number of rotatable bonds is 5. The van der Waals surface area contributed by atoms with Crippen molar-refractivity contribution in [2.75, 3.05) is 0 Å². The van der Waals surface area contributed by atoms with Gasteiger partial charge in [-0.05, 0) is 0 Å². The fraction of sp³-hybridized carbons (Fsp3) is 0.545. The Morgan fingerprint density at radius 3 is 2.60 bits per heavy atom. The first-order chi connectivity index (χ1) is 9.31. The molecule has 0 fully saturated rings. The molecule has 20 heavy (non-hydrogen) atoms. The monoisotopic (exact) mass is 318 g/mol. The average Bonchev–Trinajstić information content (AvgIpc) is 2.95. The molecule has 0 saturated heterocycles. The van der Waals surface area contributed by atoms with Gasteiger partial charge in [0.05, 0.1) is 0 Å². The molecule has 0 aliphatic carbocycles. The van der Waals surface area contributed by atoms with Gasteiger partial charge in [-0.3, -0.25) is 0 Å². The molecule has 0 atom stereocenters. The zero-order valence-corrected chi connectivity index (χ0v) is 12.9. The lowest BCUT2D eigenvalue weighted by Crippen LogP contribution is -2.03. The van der Waals surface area contributed by atoms with Gasteiger partial charge in [-0.1, -0.05) is 25.9 Å². The molecule has 0 radical (unpaired) electrons. The second-order valence-electron chi connectivity index (χ2n) is 4.62. The predicted molar refractivity (Wildman–Crippen MR) is 72.1 cm³/mol. The van der Waals surface area contributed by atoms with E-state index >= 15 is 0 Å². The van der Waals surface area contributed by atoms with Gasteiger partial charge in [0.1, 0.15) is 12.4 Å². The Labute approximate surface area is 121 Å². The predicted octanol–water partition coefficient (Wildman–Crippen LogP) is 1.93. The van der Waals surface area contributed by atoms with Gasteiger partial charge in [0.25, 0.3) is 9.05 Å². The van der Waals surface area contributed by atoms with Crippen LogP contribution in [-0.2, 0) is 22.0 Å².